The van der Waals surface area contributed by atoms with Gasteiger partial charge in [-0.05, 0) is 18.2 Å². The maximum absolute atomic E-state index is 10.2. The molecule has 0 fully saturated rings. The minimum Gasteiger partial charge on any atom is -0.496 e. The van der Waals surface area contributed by atoms with Gasteiger partial charge < -0.3 is 19.5 Å². The third-order valence-corrected chi connectivity index (χ3v) is 3.97. The van der Waals surface area contributed by atoms with E-state index in [1.165, 1.54) is 4.90 Å². The number of quaternary nitrogens is 1. The lowest BCUT2D eigenvalue weighted by molar-refractivity contribution is -0.897. The largest absolute Gasteiger partial charge is 0.496 e. The standard InChI is InChI=1S/C19H24ClNO3/c1-21(11-15-6-5-8-17(20)10-15)12-18(22)14-24-13-16-7-3-4-9-19(16)23-2/h3-10,18,22H,11-14H2,1-2H3/p+1/t18-/m0/s1. The molecule has 130 valence electrons. The lowest BCUT2D eigenvalue weighted by atomic mass is 10.2. The van der Waals surface area contributed by atoms with Crippen LogP contribution in [-0.4, -0.2) is 38.5 Å². The summed E-state index contributed by atoms with van der Waals surface area (Å²) in [4.78, 5) is 1.20. The Hall–Kier alpha value is -1.59. The number of hydrogen-bond acceptors (Lipinski definition) is 3. The number of methoxy groups -OCH3 is 1. The Morgan fingerprint density at radius 3 is 2.71 bits per heavy atom. The highest BCUT2D eigenvalue weighted by atomic mass is 35.5. The number of hydrogen-bond donors (Lipinski definition) is 2. The number of ether oxygens (including phenoxy) is 2. The average molecular weight is 351 g/mol. The molecule has 0 aliphatic heterocycles. The zero-order chi connectivity index (χ0) is 17.4. The van der Waals surface area contributed by atoms with Crippen LogP contribution in [0.15, 0.2) is 48.5 Å². The molecular weight excluding hydrogens is 326 g/mol. The van der Waals surface area contributed by atoms with Crippen molar-refractivity contribution in [1.82, 2.24) is 0 Å². The van der Waals surface area contributed by atoms with Crippen molar-refractivity contribution in [2.24, 2.45) is 0 Å². The van der Waals surface area contributed by atoms with Crippen molar-refractivity contribution < 1.29 is 19.5 Å². The fourth-order valence-corrected chi connectivity index (χ4v) is 2.87. The predicted octanol–water partition coefficient (Wildman–Crippen LogP) is 1.94. The van der Waals surface area contributed by atoms with Crippen molar-refractivity contribution >= 4 is 11.6 Å². The summed E-state index contributed by atoms with van der Waals surface area (Å²) in [7, 11) is 3.69. The highest BCUT2D eigenvalue weighted by Crippen LogP contribution is 2.17. The number of likely N-dealkylation sites (N-methyl/N-ethyl adjacent to an activating group) is 1. The van der Waals surface area contributed by atoms with Gasteiger partial charge in [-0.15, -0.1) is 0 Å². The summed E-state index contributed by atoms with van der Waals surface area (Å²) in [5, 5.41) is 10.9. The second-order valence-corrected chi connectivity index (χ2v) is 6.39. The topological polar surface area (TPSA) is 43.1 Å². The normalized spacial score (nSPS) is 13.5. The number of para-hydroxylation sites is 1. The van der Waals surface area contributed by atoms with Crippen LogP contribution in [-0.2, 0) is 17.9 Å². The minimum atomic E-state index is -0.515. The Bertz CT molecular complexity index is 636. The number of aliphatic hydroxyl groups excluding tert-OH is 1. The van der Waals surface area contributed by atoms with E-state index in [4.69, 9.17) is 21.1 Å². The van der Waals surface area contributed by atoms with Crippen LogP contribution in [0.3, 0.4) is 0 Å². The van der Waals surface area contributed by atoms with Gasteiger partial charge in [0.05, 0.1) is 27.4 Å². The van der Waals surface area contributed by atoms with Crippen LogP contribution >= 0.6 is 11.6 Å². The van der Waals surface area contributed by atoms with Crippen LogP contribution in [0.2, 0.25) is 5.02 Å². The van der Waals surface area contributed by atoms with E-state index in [-0.39, 0.29) is 0 Å². The van der Waals surface area contributed by atoms with Crippen molar-refractivity contribution in [2.45, 2.75) is 19.3 Å². The summed E-state index contributed by atoms with van der Waals surface area (Å²) in [5.74, 6) is 0.802. The molecule has 0 spiro atoms. The molecule has 0 amide bonds. The minimum absolute atomic E-state index is 0.297. The summed E-state index contributed by atoms with van der Waals surface area (Å²) in [6, 6.07) is 15.5. The molecule has 2 aromatic carbocycles. The first-order valence-electron chi connectivity index (χ1n) is 8.02. The van der Waals surface area contributed by atoms with Crippen LogP contribution in [0.4, 0.5) is 0 Å². The molecule has 5 heteroatoms. The fraction of sp³-hybridized carbons (Fsp3) is 0.368. The van der Waals surface area contributed by atoms with Crippen molar-refractivity contribution in [3.05, 3.63) is 64.7 Å². The number of halogens is 1. The van der Waals surface area contributed by atoms with E-state index in [1.807, 2.05) is 55.6 Å². The predicted molar refractivity (Wildman–Crippen MR) is 95.6 cm³/mol. The highest BCUT2D eigenvalue weighted by molar-refractivity contribution is 6.30. The van der Waals surface area contributed by atoms with Crippen LogP contribution in [0.5, 0.6) is 5.75 Å². The number of nitrogens with one attached hydrogen (secondary N) is 1. The van der Waals surface area contributed by atoms with Gasteiger partial charge in [-0.1, -0.05) is 41.9 Å². The lowest BCUT2D eigenvalue weighted by Crippen LogP contribution is -3.08. The van der Waals surface area contributed by atoms with Gasteiger partial charge in [0.2, 0.25) is 0 Å². The smallest absolute Gasteiger partial charge is 0.126 e. The molecule has 0 radical (unpaired) electrons. The second kappa shape index (κ2) is 9.64. The summed E-state index contributed by atoms with van der Waals surface area (Å²) >= 11 is 6.00. The summed E-state index contributed by atoms with van der Waals surface area (Å²) in [5.41, 5.74) is 2.13. The van der Waals surface area contributed by atoms with Crippen molar-refractivity contribution in [1.29, 1.82) is 0 Å². The Morgan fingerprint density at radius 1 is 1.17 bits per heavy atom. The molecule has 24 heavy (non-hydrogen) atoms. The van der Waals surface area contributed by atoms with E-state index < -0.39 is 6.10 Å². The monoisotopic (exact) mass is 350 g/mol. The average Bonchev–Trinajstić information content (AvgIpc) is 2.55. The van der Waals surface area contributed by atoms with Gasteiger partial charge in [0, 0.05) is 16.1 Å². The Labute approximate surface area is 148 Å². The van der Waals surface area contributed by atoms with Crippen LogP contribution < -0.4 is 9.64 Å². The number of aliphatic hydroxyl groups is 1. The molecule has 2 aromatic rings. The van der Waals surface area contributed by atoms with Gasteiger partial charge in [-0.2, -0.15) is 0 Å². The first-order valence-corrected chi connectivity index (χ1v) is 8.39. The van der Waals surface area contributed by atoms with Gasteiger partial charge in [-0.25, -0.2) is 0 Å². The van der Waals surface area contributed by atoms with Crippen molar-refractivity contribution in [3.63, 3.8) is 0 Å². The number of benzene rings is 2. The van der Waals surface area contributed by atoms with E-state index in [0.717, 1.165) is 28.4 Å². The van der Waals surface area contributed by atoms with Gasteiger partial charge in [-0.3, -0.25) is 0 Å². The van der Waals surface area contributed by atoms with Crippen molar-refractivity contribution in [2.75, 3.05) is 27.3 Å². The number of rotatable bonds is 9. The zero-order valence-electron chi connectivity index (χ0n) is 14.2. The van der Waals surface area contributed by atoms with Crippen LogP contribution in [0, 0.1) is 0 Å². The lowest BCUT2D eigenvalue weighted by Gasteiger charge is -2.18. The maximum atomic E-state index is 10.2. The SMILES string of the molecule is COc1ccccc1COC[C@@H](O)C[NH+](C)Cc1cccc(Cl)c1. The van der Waals surface area contributed by atoms with E-state index in [0.29, 0.717) is 19.8 Å². The van der Waals surface area contributed by atoms with Gasteiger partial charge in [0.1, 0.15) is 24.9 Å². The third-order valence-electron chi connectivity index (χ3n) is 3.74. The maximum Gasteiger partial charge on any atom is 0.126 e. The molecule has 2 atom stereocenters. The first kappa shape index (κ1) is 18.7. The van der Waals surface area contributed by atoms with E-state index in [1.54, 1.807) is 7.11 Å². The van der Waals surface area contributed by atoms with E-state index >= 15 is 0 Å². The van der Waals surface area contributed by atoms with Crippen LogP contribution in [0.25, 0.3) is 0 Å². The molecule has 4 nitrogen and oxygen atoms in total. The third kappa shape index (κ3) is 6.13. The molecule has 0 saturated heterocycles. The molecule has 2 N–H and O–H groups in total. The quantitative estimate of drug-likeness (QED) is 0.726. The molecular formula is C19H25ClNO3+. The van der Waals surface area contributed by atoms with Gasteiger partial charge >= 0.3 is 0 Å². The molecule has 0 heterocycles. The highest BCUT2D eigenvalue weighted by Gasteiger charge is 2.13. The summed E-state index contributed by atoms with van der Waals surface area (Å²) < 4.78 is 10.9. The Morgan fingerprint density at radius 2 is 1.96 bits per heavy atom. The first-order chi connectivity index (χ1) is 11.6. The summed E-state index contributed by atoms with van der Waals surface area (Å²) in [6.07, 6.45) is -0.515. The van der Waals surface area contributed by atoms with E-state index in [9.17, 15) is 5.11 Å². The molecule has 0 aromatic heterocycles. The van der Waals surface area contributed by atoms with Crippen molar-refractivity contribution in [3.8, 4) is 5.75 Å². The molecule has 2 rings (SSSR count). The second-order valence-electron chi connectivity index (χ2n) is 5.95. The Kier molecular flexibility index (Phi) is 7.53. The van der Waals surface area contributed by atoms with E-state index in [2.05, 4.69) is 0 Å². The Balaban J connectivity index is 1.73. The fourth-order valence-electron chi connectivity index (χ4n) is 2.66. The summed E-state index contributed by atoms with van der Waals surface area (Å²) in [6.45, 7) is 2.14. The molecule has 1 unspecified atom stereocenters. The molecule has 0 aliphatic carbocycles. The zero-order valence-corrected chi connectivity index (χ0v) is 14.9. The van der Waals surface area contributed by atoms with Gasteiger partial charge in [0.25, 0.3) is 0 Å². The molecule has 0 bridgehead atoms. The molecule has 0 saturated carbocycles. The molecule has 0 aliphatic rings. The van der Waals surface area contributed by atoms with Crippen LogP contribution in [0.1, 0.15) is 11.1 Å². The van der Waals surface area contributed by atoms with Gasteiger partial charge in [0.15, 0.2) is 0 Å².